The van der Waals surface area contributed by atoms with E-state index in [4.69, 9.17) is 10.5 Å². The normalized spacial score (nSPS) is 46.7. The molecule has 0 amide bonds. The van der Waals surface area contributed by atoms with Gasteiger partial charge in [0.05, 0.1) is 6.10 Å². The minimum Gasteiger partial charge on any atom is -0.370 e. The highest BCUT2D eigenvalue weighted by atomic mass is 16.5. The maximum Gasteiger partial charge on any atom is 0.158 e. The van der Waals surface area contributed by atoms with Crippen LogP contribution in [0.1, 0.15) is 39.0 Å². The van der Waals surface area contributed by atoms with Gasteiger partial charge in [0, 0.05) is 6.42 Å². The van der Waals surface area contributed by atoms with Gasteiger partial charge in [0.1, 0.15) is 6.61 Å². The maximum absolute atomic E-state index is 11.4. The Bertz CT molecular complexity index is 326. The molecule has 4 aliphatic carbocycles. The van der Waals surface area contributed by atoms with Gasteiger partial charge in [-0.25, -0.2) is 0 Å². The summed E-state index contributed by atoms with van der Waals surface area (Å²) in [5.41, 5.74) is 6.39. The van der Waals surface area contributed by atoms with Crippen molar-refractivity contribution in [1.82, 2.24) is 0 Å². The van der Waals surface area contributed by atoms with E-state index in [1.807, 2.05) is 6.92 Å². The maximum atomic E-state index is 11.4. The molecule has 4 bridgehead atoms. The highest BCUT2D eigenvalue weighted by molar-refractivity contribution is 5.79. The molecule has 3 nitrogen and oxygen atoms in total. The van der Waals surface area contributed by atoms with E-state index < -0.39 is 0 Å². The molecule has 5 unspecified atom stereocenters. The number of ketones is 1. The number of carbonyl (C=O) groups is 1. The summed E-state index contributed by atoms with van der Waals surface area (Å²) in [4.78, 5) is 11.4. The predicted molar refractivity (Wildman–Crippen MR) is 65.5 cm³/mol. The summed E-state index contributed by atoms with van der Waals surface area (Å²) in [6.07, 6.45) is 6.07. The van der Waals surface area contributed by atoms with E-state index in [2.05, 4.69) is 0 Å². The molecule has 0 aromatic rings. The van der Waals surface area contributed by atoms with Gasteiger partial charge in [0.2, 0.25) is 0 Å². The van der Waals surface area contributed by atoms with Crippen molar-refractivity contribution in [3.8, 4) is 0 Å². The van der Waals surface area contributed by atoms with Gasteiger partial charge in [-0.2, -0.15) is 0 Å². The van der Waals surface area contributed by atoms with Crippen molar-refractivity contribution < 1.29 is 9.53 Å². The van der Waals surface area contributed by atoms with Crippen molar-refractivity contribution in [3.05, 3.63) is 0 Å². The summed E-state index contributed by atoms with van der Waals surface area (Å²) in [5.74, 6) is 2.44. The van der Waals surface area contributed by atoms with Crippen LogP contribution in [-0.2, 0) is 9.53 Å². The van der Waals surface area contributed by atoms with Crippen LogP contribution in [0.4, 0.5) is 0 Å². The minimum atomic E-state index is 0.232. The third-order valence-electron chi connectivity index (χ3n) is 5.42. The third-order valence-corrected chi connectivity index (χ3v) is 5.42. The lowest BCUT2D eigenvalue weighted by molar-refractivity contribution is -0.128. The molecule has 0 radical (unpaired) electrons. The summed E-state index contributed by atoms with van der Waals surface area (Å²) in [6.45, 7) is 3.08. The van der Waals surface area contributed by atoms with Crippen LogP contribution in [0.25, 0.3) is 0 Å². The first kappa shape index (κ1) is 11.7. The van der Waals surface area contributed by atoms with E-state index in [1.165, 1.54) is 25.7 Å². The molecule has 2 N–H and O–H groups in total. The van der Waals surface area contributed by atoms with Crippen LogP contribution < -0.4 is 5.73 Å². The molecule has 0 heterocycles. The Hall–Kier alpha value is -0.410. The second kappa shape index (κ2) is 4.06. The molecule has 5 atom stereocenters. The Morgan fingerprint density at radius 3 is 2.76 bits per heavy atom. The molecule has 17 heavy (non-hydrogen) atoms. The van der Waals surface area contributed by atoms with Gasteiger partial charge >= 0.3 is 0 Å². The molecular weight excluding hydrogens is 214 g/mol. The van der Waals surface area contributed by atoms with Crippen LogP contribution in [0.5, 0.6) is 0 Å². The van der Waals surface area contributed by atoms with Crippen molar-refractivity contribution in [2.45, 2.75) is 45.1 Å². The monoisotopic (exact) mass is 237 g/mol. The molecule has 4 rings (SSSR count). The Balaban J connectivity index is 1.65. The first-order chi connectivity index (χ1) is 8.17. The Kier molecular flexibility index (Phi) is 2.79. The second-order valence-electron chi connectivity index (χ2n) is 6.40. The van der Waals surface area contributed by atoms with Gasteiger partial charge < -0.3 is 10.5 Å². The molecule has 0 spiro atoms. The van der Waals surface area contributed by atoms with Gasteiger partial charge in [-0.05, 0) is 55.4 Å². The smallest absolute Gasteiger partial charge is 0.158 e. The van der Waals surface area contributed by atoms with Crippen molar-refractivity contribution in [3.63, 3.8) is 0 Å². The summed E-state index contributed by atoms with van der Waals surface area (Å²) in [7, 11) is 0. The zero-order valence-electron chi connectivity index (χ0n) is 10.7. The zero-order valence-corrected chi connectivity index (χ0v) is 10.7. The molecule has 96 valence electrons. The summed E-state index contributed by atoms with van der Waals surface area (Å²) >= 11 is 0. The minimum absolute atomic E-state index is 0.232. The predicted octanol–water partition coefficient (Wildman–Crippen LogP) is 1.75. The van der Waals surface area contributed by atoms with Gasteiger partial charge in [0.25, 0.3) is 0 Å². The first-order valence-electron chi connectivity index (χ1n) is 7.01. The van der Waals surface area contributed by atoms with E-state index in [0.717, 1.165) is 12.5 Å². The van der Waals surface area contributed by atoms with E-state index >= 15 is 0 Å². The van der Waals surface area contributed by atoms with Crippen molar-refractivity contribution >= 4 is 5.78 Å². The van der Waals surface area contributed by atoms with E-state index in [-0.39, 0.29) is 5.78 Å². The average molecular weight is 237 g/mol. The second-order valence-corrected chi connectivity index (χ2v) is 6.40. The van der Waals surface area contributed by atoms with Crippen molar-refractivity contribution in [2.24, 2.45) is 28.9 Å². The number of hydrogen-bond donors (Lipinski definition) is 1. The lowest BCUT2D eigenvalue weighted by Crippen LogP contribution is -2.41. The number of hydrogen-bond acceptors (Lipinski definition) is 3. The third kappa shape index (κ3) is 1.75. The fourth-order valence-corrected chi connectivity index (χ4v) is 4.70. The van der Waals surface area contributed by atoms with Crippen LogP contribution in [-0.4, -0.2) is 25.0 Å². The summed E-state index contributed by atoms with van der Waals surface area (Å²) in [6, 6.07) is 0. The molecule has 0 aromatic carbocycles. The highest BCUT2D eigenvalue weighted by Gasteiger charge is 2.60. The van der Waals surface area contributed by atoms with Crippen LogP contribution in [0.3, 0.4) is 0 Å². The fraction of sp³-hybridized carbons (Fsp3) is 0.929. The van der Waals surface area contributed by atoms with Crippen molar-refractivity contribution in [1.29, 1.82) is 0 Å². The highest BCUT2D eigenvalue weighted by Crippen LogP contribution is 2.64. The van der Waals surface area contributed by atoms with Crippen molar-refractivity contribution in [2.75, 3.05) is 13.2 Å². The fourth-order valence-electron chi connectivity index (χ4n) is 4.70. The van der Waals surface area contributed by atoms with Gasteiger partial charge in [0.15, 0.2) is 5.78 Å². The van der Waals surface area contributed by atoms with Crippen LogP contribution in [0.15, 0.2) is 0 Å². The topological polar surface area (TPSA) is 52.3 Å². The van der Waals surface area contributed by atoms with Crippen LogP contribution >= 0.6 is 0 Å². The number of rotatable bonds is 5. The molecular formula is C14H23NO2. The van der Waals surface area contributed by atoms with Crippen LogP contribution in [0.2, 0.25) is 0 Å². The number of carbonyl (C=O) groups excluding carboxylic acids is 1. The number of ether oxygens (including phenoxy) is 1. The quantitative estimate of drug-likeness (QED) is 0.792. The molecule has 4 aliphatic rings. The molecule has 4 saturated carbocycles. The van der Waals surface area contributed by atoms with E-state index in [1.54, 1.807) is 0 Å². The lowest BCUT2D eigenvalue weighted by Gasteiger charge is -2.40. The van der Waals surface area contributed by atoms with Gasteiger partial charge in [-0.1, -0.05) is 6.92 Å². The molecule has 0 aromatic heterocycles. The van der Waals surface area contributed by atoms with Crippen LogP contribution in [0, 0.1) is 23.2 Å². The SMILES string of the molecule is CCC(=O)COC1C2CC3CC(CN)(C2)CC31. The van der Waals surface area contributed by atoms with Gasteiger partial charge in [-0.15, -0.1) is 0 Å². The van der Waals surface area contributed by atoms with E-state index in [0.29, 0.717) is 36.4 Å². The largest absolute Gasteiger partial charge is 0.370 e. The first-order valence-corrected chi connectivity index (χ1v) is 7.01. The zero-order chi connectivity index (χ0) is 12.0. The number of nitrogens with two attached hydrogens (primary N) is 1. The Labute approximate surface area is 103 Å². The molecule has 3 heteroatoms. The molecule has 0 saturated heterocycles. The summed E-state index contributed by atoms with van der Waals surface area (Å²) in [5, 5.41) is 0. The molecule has 4 fully saturated rings. The number of Topliss-reactive ketones (excluding diaryl/α,β-unsaturated/α-hetero) is 1. The Morgan fingerprint density at radius 2 is 2.12 bits per heavy atom. The Morgan fingerprint density at radius 1 is 1.35 bits per heavy atom. The molecule has 0 aliphatic heterocycles. The lowest BCUT2D eigenvalue weighted by atomic mass is 9.69. The standard InChI is InChI=1S/C14H23NO2/c1-2-11(16)7-17-13-10-3-9-4-14(5-10,8-15)6-12(9)13/h9-10,12-13H,2-8,15H2,1H3. The average Bonchev–Trinajstić information content (AvgIpc) is 2.74. The summed E-state index contributed by atoms with van der Waals surface area (Å²) < 4.78 is 5.92. The van der Waals surface area contributed by atoms with E-state index in [9.17, 15) is 4.79 Å². The van der Waals surface area contributed by atoms with Gasteiger partial charge in [-0.3, -0.25) is 4.79 Å².